The van der Waals surface area contributed by atoms with Gasteiger partial charge in [-0.1, -0.05) is 12.1 Å². The van der Waals surface area contributed by atoms with E-state index >= 15 is 0 Å². The third-order valence-electron chi connectivity index (χ3n) is 4.55. The van der Waals surface area contributed by atoms with Gasteiger partial charge in [-0.05, 0) is 68.1 Å². The van der Waals surface area contributed by atoms with Crippen LogP contribution in [0.15, 0.2) is 18.1 Å². The second kappa shape index (κ2) is 4.82. The van der Waals surface area contributed by atoms with E-state index in [0.717, 1.165) is 0 Å². The van der Waals surface area contributed by atoms with Crippen molar-refractivity contribution in [2.45, 2.75) is 43.9 Å². The Morgan fingerprint density at radius 3 is 3.05 bits per heavy atom. The lowest BCUT2D eigenvalue weighted by Crippen LogP contribution is -2.60. The van der Waals surface area contributed by atoms with Crippen LogP contribution in [0.4, 0.5) is 0 Å². The van der Waals surface area contributed by atoms with Gasteiger partial charge in [-0.2, -0.15) is 0 Å². The first kappa shape index (κ1) is 5.07. The quantitative estimate of drug-likeness (QED) is 0.796. The summed E-state index contributed by atoms with van der Waals surface area (Å²) in [6, 6.07) is -4.99. The molecule has 1 amide bonds. The van der Waals surface area contributed by atoms with Gasteiger partial charge in [0.05, 0.1) is 5.48 Å². The van der Waals surface area contributed by atoms with Crippen LogP contribution in [0.3, 0.4) is 0 Å². The zero-order valence-electron chi connectivity index (χ0n) is 26.7. The minimum absolute atomic E-state index is 0.223. The molecule has 116 valence electrons. The van der Waals surface area contributed by atoms with Crippen molar-refractivity contribution in [3.63, 3.8) is 0 Å². The summed E-state index contributed by atoms with van der Waals surface area (Å²) >= 11 is 0. The number of amides is 1. The molecule has 0 radical (unpaired) electrons. The van der Waals surface area contributed by atoms with Crippen LogP contribution in [0.5, 0.6) is 0 Å². The number of hydrogen-bond acceptors (Lipinski definition) is 2. The molecular formula is C19H24N2O. The molecule has 4 aliphatic heterocycles. The van der Waals surface area contributed by atoms with Crippen LogP contribution in [0.1, 0.15) is 73.6 Å². The number of fused-ring (bicyclic) bond motifs is 3. The lowest BCUT2D eigenvalue weighted by Gasteiger charge is -2.51. The molecule has 3 saturated heterocycles. The fourth-order valence-electron chi connectivity index (χ4n) is 3.57. The third-order valence-corrected chi connectivity index (χ3v) is 4.55. The molecule has 0 N–H and O–H groups in total. The second-order valence-corrected chi connectivity index (χ2v) is 5.79. The minimum Gasteiger partial charge on any atom is -0.333 e. The van der Waals surface area contributed by atoms with Crippen molar-refractivity contribution in [2.24, 2.45) is 5.89 Å². The van der Waals surface area contributed by atoms with E-state index in [-0.39, 0.29) is 10.9 Å². The van der Waals surface area contributed by atoms with E-state index in [1.54, 1.807) is 0 Å². The van der Waals surface area contributed by atoms with Crippen LogP contribution in [-0.4, -0.2) is 47.8 Å². The van der Waals surface area contributed by atoms with Crippen LogP contribution in [0, 0.1) is 5.89 Å². The predicted molar refractivity (Wildman–Crippen MR) is 86.1 cm³/mol. The highest BCUT2D eigenvalue weighted by atomic mass is 16.2. The van der Waals surface area contributed by atoms with E-state index in [1.807, 2.05) is 0 Å². The first-order valence-electron chi connectivity index (χ1n) is 14.8. The Balaban J connectivity index is 1.84. The highest BCUT2D eigenvalue weighted by Gasteiger charge is 2.43. The van der Waals surface area contributed by atoms with Gasteiger partial charge in [0, 0.05) is 45.6 Å². The average molecular weight is 312 g/mol. The van der Waals surface area contributed by atoms with E-state index in [2.05, 4.69) is 0 Å². The molecular weight excluding hydrogens is 272 g/mol. The van der Waals surface area contributed by atoms with Gasteiger partial charge in [-0.3, -0.25) is 4.79 Å². The van der Waals surface area contributed by atoms with E-state index in [1.165, 1.54) is 0 Å². The first-order chi connectivity index (χ1) is 16.6. The molecule has 6 rings (SSSR count). The summed E-state index contributed by atoms with van der Waals surface area (Å²) in [6.07, 6.45) is -6.20. The van der Waals surface area contributed by atoms with Crippen molar-refractivity contribution in [1.29, 1.82) is 0 Å². The van der Waals surface area contributed by atoms with Crippen molar-refractivity contribution in [2.75, 3.05) is 26.0 Å². The smallest absolute Gasteiger partial charge is 0.254 e. The summed E-state index contributed by atoms with van der Waals surface area (Å²) in [5, 5.41) is 0. The molecule has 4 heterocycles. The Bertz CT molecular complexity index is 1220. The average Bonchev–Trinajstić information content (AvgIpc) is 2.77. The molecule has 22 heavy (non-hydrogen) atoms. The molecule has 2 atom stereocenters. The number of rotatable bonds is 1. The standard InChI is InChI=1S/C19H24N2O/c22-19-16-6-2-4-14-3-1-5-15(18(14)16)11-21(19)17-12-20-9-7-13(17)8-10-20/h2,4,6,13,15,17H,1,3,5,7-12H2/t15-,17-/m1/s1/i2D,4D,6D,7D2,8D2,9D2,10D2,12D2,13D,17D. The van der Waals surface area contributed by atoms with Gasteiger partial charge in [0.15, 0.2) is 0 Å². The molecule has 3 fully saturated rings. The molecule has 3 nitrogen and oxygen atoms in total. The van der Waals surface area contributed by atoms with Crippen LogP contribution < -0.4 is 0 Å². The molecule has 1 aliphatic carbocycles. The summed E-state index contributed by atoms with van der Waals surface area (Å²) in [5.74, 6) is -5.77. The molecule has 1 aromatic carbocycles. The van der Waals surface area contributed by atoms with Crippen molar-refractivity contribution >= 4 is 5.91 Å². The van der Waals surface area contributed by atoms with Crippen LogP contribution in [0.25, 0.3) is 0 Å². The zero-order valence-corrected chi connectivity index (χ0v) is 11.7. The Hall–Kier alpha value is -1.35. The molecule has 0 unspecified atom stereocenters. The molecule has 2 bridgehead atoms. The van der Waals surface area contributed by atoms with Gasteiger partial charge in [-0.25, -0.2) is 0 Å². The summed E-state index contributed by atoms with van der Waals surface area (Å²) in [5.41, 5.74) is 0.274. The monoisotopic (exact) mass is 311 g/mol. The number of piperidine rings is 3. The van der Waals surface area contributed by atoms with Gasteiger partial charge in [-0.15, -0.1) is 0 Å². The largest absolute Gasteiger partial charge is 0.333 e. The maximum absolute atomic E-state index is 13.9. The molecule has 1 aromatic rings. The second-order valence-electron chi connectivity index (χ2n) is 5.79. The topological polar surface area (TPSA) is 23.6 Å². The normalized spacial score (nSPS) is 64.5. The number of carbonyl (C=O) groups excluding carboxylic acids is 1. The zero-order chi connectivity index (χ0) is 28.1. The van der Waals surface area contributed by atoms with E-state index in [4.69, 9.17) is 19.2 Å². The molecule has 5 aliphatic rings. The van der Waals surface area contributed by atoms with E-state index < -0.39 is 80.2 Å². The van der Waals surface area contributed by atoms with Crippen molar-refractivity contribution in [3.8, 4) is 0 Å². The maximum Gasteiger partial charge on any atom is 0.254 e. The Morgan fingerprint density at radius 2 is 2.18 bits per heavy atom. The molecule has 0 saturated carbocycles. The Kier molecular flexibility index (Phi) is 1.11. The highest BCUT2D eigenvalue weighted by Crippen LogP contribution is 2.41. The van der Waals surface area contributed by atoms with Crippen molar-refractivity contribution in [3.05, 3.63) is 34.8 Å². The number of hydrogen-bond donors (Lipinski definition) is 0. The summed E-state index contributed by atoms with van der Waals surface area (Å²) < 4.78 is 128. The summed E-state index contributed by atoms with van der Waals surface area (Å²) in [6.45, 7) is -11.3. The molecule has 0 aromatic heterocycles. The minimum atomic E-state index is -3.84. The Labute approximate surface area is 153 Å². The highest BCUT2D eigenvalue weighted by molar-refractivity contribution is 5.97. The number of carbonyl (C=O) groups is 1. The lowest BCUT2D eigenvalue weighted by atomic mass is 9.75. The maximum atomic E-state index is 13.9. The molecule has 3 heteroatoms. The van der Waals surface area contributed by atoms with Crippen LogP contribution >= 0.6 is 0 Å². The lowest BCUT2D eigenvalue weighted by molar-refractivity contribution is 0.00258. The van der Waals surface area contributed by atoms with E-state index in [0.29, 0.717) is 35.3 Å². The van der Waals surface area contributed by atoms with Gasteiger partial charge in [0.2, 0.25) is 0 Å². The first-order valence-corrected chi connectivity index (χ1v) is 7.35. The third kappa shape index (κ3) is 1.81. The van der Waals surface area contributed by atoms with Gasteiger partial charge < -0.3 is 9.80 Å². The Morgan fingerprint density at radius 1 is 1.32 bits per heavy atom. The van der Waals surface area contributed by atoms with Gasteiger partial charge >= 0.3 is 0 Å². The summed E-state index contributed by atoms with van der Waals surface area (Å²) in [7, 11) is 0. The van der Waals surface area contributed by atoms with Gasteiger partial charge in [0.25, 0.3) is 5.91 Å². The SMILES string of the molecule is [2H]c1c([2H])c2c3c(c1[2H])C(=O)N([C@]1([2H])C([2H])([2H])N4C([2H])([2H])C([2H])([2H])C1([2H])C([2H])([2H])C4([2H])[2H])C[C@H]3CCC2. The molecule has 0 spiro atoms. The fraction of sp³-hybridized carbons (Fsp3) is 0.632. The fourth-order valence-corrected chi connectivity index (χ4v) is 3.57. The number of benzene rings is 1. The number of nitrogens with zero attached hydrogens (tertiary/aromatic N) is 2. The van der Waals surface area contributed by atoms with Crippen molar-refractivity contribution < 1.29 is 25.4 Å². The van der Waals surface area contributed by atoms with Crippen LogP contribution in [-0.2, 0) is 6.42 Å². The van der Waals surface area contributed by atoms with Crippen molar-refractivity contribution in [1.82, 2.24) is 9.80 Å². The van der Waals surface area contributed by atoms with Gasteiger partial charge in [0.1, 0.15) is 0 Å². The van der Waals surface area contributed by atoms with E-state index in [9.17, 15) is 6.17 Å². The van der Waals surface area contributed by atoms with Crippen LogP contribution in [0.2, 0.25) is 0 Å². The predicted octanol–water partition coefficient (Wildman–Crippen LogP) is 2.66. The summed E-state index contributed by atoms with van der Waals surface area (Å²) in [4.78, 5) is 14.0.